The van der Waals surface area contributed by atoms with Gasteiger partial charge in [-0.1, -0.05) is 0 Å². The lowest BCUT2D eigenvalue weighted by Gasteiger charge is -2.43. The fourth-order valence-corrected chi connectivity index (χ4v) is 2.91. The summed E-state index contributed by atoms with van der Waals surface area (Å²) in [4.78, 5) is 0. The molecule has 2 fully saturated rings. The van der Waals surface area contributed by atoms with Crippen molar-refractivity contribution in [1.82, 2.24) is 5.32 Å². The third-order valence-electron chi connectivity index (χ3n) is 4.35. The molecule has 0 aromatic rings. The van der Waals surface area contributed by atoms with Crippen LogP contribution in [0.3, 0.4) is 0 Å². The molecule has 0 amide bonds. The Labute approximate surface area is 118 Å². The number of hydrogen-bond acceptors (Lipinski definition) is 3. The van der Waals surface area contributed by atoms with Crippen LogP contribution in [0.4, 0.5) is 0 Å². The summed E-state index contributed by atoms with van der Waals surface area (Å²) in [5, 5.41) is 3.57. The Bertz CT molecular complexity index is 262. The minimum Gasteiger partial charge on any atom is -0.376 e. The Morgan fingerprint density at radius 1 is 1.21 bits per heavy atom. The summed E-state index contributed by atoms with van der Waals surface area (Å²) in [6, 6.07) is 0. The number of hydrogen-bond donors (Lipinski definition) is 1. The first-order valence-electron chi connectivity index (χ1n) is 8.00. The van der Waals surface area contributed by atoms with Crippen molar-refractivity contribution < 1.29 is 9.47 Å². The van der Waals surface area contributed by atoms with Gasteiger partial charge < -0.3 is 14.8 Å². The summed E-state index contributed by atoms with van der Waals surface area (Å²) in [5.41, 5.74) is 0.358. The van der Waals surface area contributed by atoms with Gasteiger partial charge in [-0.2, -0.15) is 0 Å². The molecule has 1 saturated carbocycles. The first-order chi connectivity index (χ1) is 8.99. The first kappa shape index (κ1) is 15.3. The first-order valence-corrected chi connectivity index (χ1v) is 8.00. The highest BCUT2D eigenvalue weighted by Crippen LogP contribution is 2.39. The molecule has 2 rings (SSSR count). The Hall–Kier alpha value is -0.120. The molecular formula is C16H31NO2. The monoisotopic (exact) mass is 269 g/mol. The van der Waals surface area contributed by atoms with Crippen LogP contribution >= 0.6 is 0 Å². The normalized spacial score (nSPS) is 27.0. The van der Waals surface area contributed by atoms with E-state index in [1.807, 2.05) is 0 Å². The molecule has 1 heterocycles. The summed E-state index contributed by atoms with van der Waals surface area (Å²) in [5.74, 6) is 0. The summed E-state index contributed by atoms with van der Waals surface area (Å²) in [6.45, 7) is 9.43. The van der Waals surface area contributed by atoms with Crippen molar-refractivity contribution in [3.05, 3.63) is 0 Å². The van der Waals surface area contributed by atoms with Crippen LogP contribution in [0.1, 0.15) is 65.7 Å². The van der Waals surface area contributed by atoms with Gasteiger partial charge in [0, 0.05) is 12.1 Å². The summed E-state index contributed by atoms with van der Waals surface area (Å²) in [6.07, 6.45) is 8.96. The fraction of sp³-hybridized carbons (Fsp3) is 1.00. The van der Waals surface area contributed by atoms with Crippen LogP contribution in [-0.4, -0.2) is 37.0 Å². The van der Waals surface area contributed by atoms with E-state index in [0.29, 0.717) is 6.10 Å². The largest absolute Gasteiger partial charge is 0.376 e. The zero-order valence-electron chi connectivity index (χ0n) is 13.0. The molecule has 0 aromatic carbocycles. The van der Waals surface area contributed by atoms with E-state index < -0.39 is 0 Å². The molecule has 3 nitrogen and oxygen atoms in total. The van der Waals surface area contributed by atoms with Crippen LogP contribution in [0.15, 0.2) is 0 Å². The molecule has 1 N–H and O–H groups in total. The quantitative estimate of drug-likeness (QED) is 0.803. The molecule has 0 aromatic heterocycles. The van der Waals surface area contributed by atoms with Crippen molar-refractivity contribution >= 4 is 0 Å². The molecule has 3 heteroatoms. The summed E-state index contributed by atoms with van der Waals surface area (Å²) < 4.78 is 12.0. The maximum atomic E-state index is 6.25. The van der Waals surface area contributed by atoms with Crippen molar-refractivity contribution in [2.75, 3.05) is 19.8 Å². The van der Waals surface area contributed by atoms with E-state index in [2.05, 4.69) is 26.1 Å². The SMILES string of the molecule is CC(C)(C)NCCC1(OCC2CCCCO2)CCC1. The third kappa shape index (κ3) is 5.05. The molecular weight excluding hydrogens is 238 g/mol. The molecule has 1 saturated heterocycles. The van der Waals surface area contributed by atoms with E-state index in [0.717, 1.165) is 26.2 Å². The average Bonchev–Trinajstić information content (AvgIpc) is 2.31. The van der Waals surface area contributed by atoms with Gasteiger partial charge in [-0.25, -0.2) is 0 Å². The second-order valence-electron chi connectivity index (χ2n) is 7.26. The van der Waals surface area contributed by atoms with Gasteiger partial charge in [-0.3, -0.25) is 0 Å². The Morgan fingerprint density at radius 2 is 2.00 bits per heavy atom. The predicted molar refractivity (Wildman–Crippen MR) is 78.5 cm³/mol. The highest BCUT2D eigenvalue weighted by atomic mass is 16.5. The smallest absolute Gasteiger partial charge is 0.0808 e. The maximum Gasteiger partial charge on any atom is 0.0808 e. The van der Waals surface area contributed by atoms with Gasteiger partial charge in [0.15, 0.2) is 0 Å². The van der Waals surface area contributed by atoms with Gasteiger partial charge >= 0.3 is 0 Å². The second kappa shape index (κ2) is 6.55. The van der Waals surface area contributed by atoms with Crippen LogP contribution in [0, 0.1) is 0 Å². The summed E-state index contributed by atoms with van der Waals surface area (Å²) >= 11 is 0. The third-order valence-corrected chi connectivity index (χ3v) is 4.35. The van der Waals surface area contributed by atoms with Crippen LogP contribution < -0.4 is 5.32 Å². The van der Waals surface area contributed by atoms with E-state index in [4.69, 9.17) is 9.47 Å². The highest BCUT2D eigenvalue weighted by Gasteiger charge is 2.38. The van der Waals surface area contributed by atoms with E-state index in [-0.39, 0.29) is 11.1 Å². The lowest BCUT2D eigenvalue weighted by Crippen LogP contribution is -2.46. The van der Waals surface area contributed by atoms with Gasteiger partial charge in [-0.15, -0.1) is 0 Å². The van der Waals surface area contributed by atoms with Crippen molar-refractivity contribution in [2.45, 2.75) is 83.0 Å². The zero-order valence-corrected chi connectivity index (χ0v) is 13.0. The van der Waals surface area contributed by atoms with E-state index in [1.54, 1.807) is 0 Å². The van der Waals surface area contributed by atoms with Gasteiger partial charge in [0.1, 0.15) is 0 Å². The number of rotatable bonds is 6. The van der Waals surface area contributed by atoms with Crippen LogP contribution in [0.5, 0.6) is 0 Å². The van der Waals surface area contributed by atoms with Crippen molar-refractivity contribution in [3.63, 3.8) is 0 Å². The minimum absolute atomic E-state index is 0.152. The maximum absolute atomic E-state index is 6.25. The predicted octanol–water partition coefficient (Wildman–Crippen LogP) is 3.27. The molecule has 0 bridgehead atoms. The molecule has 0 spiro atoms. The van der Waals surface area contributed by atoms with E-state index in [1.165, 1.54) is 38.5 Å². The summed E-state index contributed by atoms with van der Waals surface area (Å²) in [7, 11) is 0. The molecule has 19 heavy (non-hydrogen) atoms. The lowest BCUT2D eigenvalue weighted by atomic mass is 9.77. The highest BCUT2D eigenvalue weighted by molar-refractivity contribution is 4.91. The van der Waals surface area contributed by atoms with E-state index >= 15 is 0 Å². The Balaban J connectivity index is 1.68. The zero-order chi connectivity index (χ0) is 13.8. The Morgan fingerprint density at radius 3 is 2.53 bits per heavy atom. The van der Waals surface area contributed by atoms with Crippen molar-refractivity contribution in [2.24, 2.45) is 0 Å². The molecule has 1 unspecified atom stereocenters. The van der Waals surface area contributed by atoms with Crippen LogP contribution in [-0.2, 0) is 9.47 Å². The second-order valence-corrected chi connectivity index (χ2v) is 7.26. The topological polar surface area (TPSA) is 30.5 Å². The minimum atomic E-state index is 0.152. The van der Waals surface area contributed by atoms with Gasteiger partial charge in [0.25, 0.3) is 0 Å². The standard InChI is InChI=1S/C16H31NO2/c1-15(2,3)17-11-10-16(8-6-9-16)19-13-14-7-4-5-12-18-14/h14,17H,4-13H2,1-3H3. The van der Waals surface area contributed by atoms with Gasteiger partial charge in [0.2, 0.25) is 0 Å². The number of nitrogens with one attached hydrogen (secondary N) is 1. The van der Waals surface area contributed by atoms with Gasteiger partial charge in [0.05, 0.1) is 18.3 Å². The van der Waals surface area contributed by atoms with Crippen molar-refractivity contribution in [1.29, 1.82) is 0 Å². The molecule has 2 aliphatic rings. The molecule has 1 aliphatic carbocycles. The van der Waals surface area contributed by atoms with Crippen LogP contribution in [0.2, 0.25) is 0 Å². The molecule has 112 valence electrons. The number of ether oxygens (including phenoxy) is 2. The average molecular weight is 269 g/mol. The van der Waals surface area contributed by atoms with Crippen LogP contribution in [0.25, 0.3) is 0 Å². The molecule has 1 aliphatic heterocycles. The van der Waals surface area contributed by atoms with E-state index in [9.17, 15) is 0 Å². The van der Waals surface area contributed by atoms with Crippen molar-refractivity contribution in [3.8, 4) is 0 Å². The van der Waals surface area contributed by atoms with Gasteiger partial charge in [-0.05, 0) is 72.3 Å². The fourth-order valence-electron chi connectivity index (χ4n) is 2.91. The molecule has 1 atom stereocenters. The Kier molecular flexibility index (Phi) is 5.27. The lowest BCUT2D eigenvalue weighted by molar-refractivity contribution is -0.143. The molecule has 0 radical (unpaired) electrons.